The third kappa shape index (κ3) is 3.64. The first-order valence-electron chi connectivity index (χ1n) is 8.98. The molecular formula is C22H26N2O2. The van der Waals surface area contributed by atoms with Gasteiger partial charge in [0.1, 0.15) is 5.52 Å². The summed E-state index contributed by atoms with van der Waals surface area (Å²) in [6.45, 7) is 12.0. The van der Waals surface area contributed by atoms with Gasteiger partial charge in [-0.15, -0.1) is 0 Å². The highest BCUT2D eigenvalue weighted by Crippen LogP contribution is 2.30. The van der Waals surface area contributed by atoms with Gasteiger partial charge < -0.3 is 9.73 Å². The fraction of sp³-hybridized carbons (Fsp3) is 0.364. The van der Waals surface area contributed by atoms with E-state index >= 15 is 0 Å². The third-order valence-corrected chi connectivity index (χ3v) is 4.49. The third-order valence-electron chi connectivity index (χ3n) is 4.49. The van der Waals surface area contributed by atoms with Crippen LogP contribution in [0.25, 0.3) is 22.6 Å². The number of carbonyl (C=O) groups excluding carboxylic acids is 1. The van der Waals surface area contributed by atoms with Crippen molar-refractivity contribution in [1.29, 1.82) is 0 Å². The minimum atomic E-state index is -0.451. The number of carbonyl (C=O) groups is 1. The molecule has 0 fully saturated rings. The second-order valence-electron chi connectivity index (χ2n) is 8.13. The van der Waals surface area contributed by atoms with Crippen LogP contribution in [0, 0.1) is 12.3 Å². The molecule has 0 saturated heterocycles. The van der Waals surface area contributed by atoms with Crippen LogP contribution in [-0.2, 0) is 4.79 Å². The number of benzene rings is 2. The minimum absolute atomic E-state index is 0.0168. The van der Waals surface area contributed by atoms with Crippen molar-refractivity contribution in [3.63, 3.8) is 0 Å². The molecule has 3 rings (SSSR count). The van der Waals surface area contributed by atoms with Crippen LogP contribution in [0.5, 0.6) is 0 Å². The maximum Gasteiger partial charge on any atom is 0.229 e. The predicted molar refractivity (Wildman–Crippen MR) is 106 cm³/mol. The zero-order valence-electron chi connectivity index (χ0n) is 16.3. The summed E-state index contributed by atoms with van der Waals surface area (Å²) in [5.41, 5.74) is 5.05. The maximum atomic E-state index is 12.3. The van der Waals surface area contributed by atoms with Gasteiger partial charge in [-0.3, -0.25) is 4.79 Å². The number of aromatic nitrogens is 1. The van der Waals surface area contributed by atoms with Crippen molar-refractivity contribution in [2.45, 2.75) is 47.5 Å². The van der Waals surface area contributed by atoms with Crippen LogP contribution in [0.15, 0.2) is 40.8 Å². The van der Waals surface area contributed by atoms with Crippen molar-refractivity contribution >= 4 is 22.7 Å². The molecule has 0 spiro atoms. The molecule has 0 aliphatic carbocycles. The lowest BCUT2D eigenvalue weighted by molar-refractivity contribution is -0.123. The molecule has 136 valence electrons. The Hall–Kier alpha value is -2.62. The van der Waals surface area contributed by atoms with Crippen LogP contribution in [0.3, 0.4) is 0 Å². The smallest absolute Gasteiger partial charge is 0.229 e. The zero-order chi connectivity index (χ0) is 19.1. The number of aryl methyl sites for hydroxylation is 1. The first kappa shape index (κ1) is 18.2. The highest BCUT2D eigenvalue weighted by atomic mass is 16.3. The summed E-state index contributed by atoms with van der Waals surface area (Å²) in [6.07, 6.45) is 0. The van der Waals surface area contributed by atoms with Crippen molar-refractivity contribution in [1.82, 2.24) is 4.98 Å². The van der Waals surface area contributed by atoms with Gasteiger partial charge >= 0.3 is 0 Å². The molecule has 0 saturated carbocycles. The van der Waals surface area contributed by atoms with Gasteiger partial charge in [0.2, 0.25) is 11.8 Å². The number of oxazole rings is 1. The van der Waals surface area contributed by atoms with Crippen LogP contribution in [0.1, 0.15) is 51.7 Å². The fourth-order valence-corrected chi connectivity index (χ4v) is 2.63. The number of rotatable bonds is 3. The summed E-state index contributed by atoms with van der Waals surface area (Å²) in [5, 5.41) is 3.01. The van der Waals surface area contributed by atoms with E-state index in [0.29, 0.717) is 11.8 Å². The lowest BCUT2D eigenvalue weighted by atomic mass is 9.95. The van der Waals surface area contributed by atoms with Gasteiger partial charge in [-0.1, -0.05) is 46.8 Å². The number of fused-ring (bicyclic) bond motifs is 1. The van der Waals surface area contributed by atoms with Crippen LogP contribution >= 0.6 is 0 Å². The standard InChI is InChI=1S/C22H26N2O2/c1-13(2)15-9-10-19-18(11-15)23-20(26-19)16-8-7-14(3)17(12-16)24-21(25)22(4,5)6/h7-13H,1-6H3,(H,24,25). The van der Waals surface area contributed by atoms with Crippen LogP contribution in [0.2, 0.25) is 0 Å². The minimum Gasteiger partial charge on any atom is -0.436 e. The van der Waals surface area contributed by atoms with E-state index in [0.717, 1.165) is 27.9 Å². The molecule has 0 radical (unpaired) electrons. The van der Waals surface area contributed by atoms with Gasteiger partial charge in [0, 0.05) is 16.7 Å². The molecule has 1 N–H and O–H groups in total. The monoisotopic (exact) mass is 350 g/mol. The average Bonchev–Trinajstić information content (AvgIpc) is 2.98. The first-order chi connectivity index (χ1) is 12.1. The molecule has 0 aliphatic heterocycles. The topological polar surface area (TPSA) is 55.1 Å². The molecule has 2 aromatic carbocycles. The van der Waals surface area contributed by atoms with E-state index < -0.39 is 5.41 Å². The van der Waals surface area contributed by atoms with Crippen molar-refractivity contribution < 1.29 is 9.21 Å². The van der Waals surface area contributed by atoms with Gasteiger partial charge in [-0.25, -0.2) is 4.98 Å². The molecule has 1 heterocycles. The maximum absolute atomic E-state index is 12.3. The molecule has 26 heavy (non-hydrogen) atoms. The zero-order valence-corrected chi connectivity index (χ0v) is 16.3. The SMILES string of the molecule is Cc1ccc(-c2nc3cc(C(C)C)ccc3o2)cc1NC(=O)C(C)(C)C. The molecule has 0 aliphatic rings. The summed E-state index contributed by atoms with van der Waals surface area (Å²) in [6, 6.07) is 12.0. The number of hydrogen-bond acceptors (Lipinski definition) is 3. The van der Waals surface area contributed by atoms with E-state index in [1.807, 2.05) is 52.0 Å². The number of nitrogens with zero attached hydrogens (tertiary/aromatic N) is 1. The van der Waals surface area contributed by atoms with Crippen molar-refractivity contribution in [2.24, 2.45) is 5.41 Å². The Morgan fingerprint density at radius 3 is 2.50 bits per heavy atom. The van der Waals surface area contributed by atoms with Crippen molar-refractivity contribution in [2.75, 3.05) is 5.32 Å². The second kappa shape index (κ2) is 6.60. The number of amides is 1. The largest absolute Gasteiger partial charge is 0.436 e. The van der Waals surface area contributed by atoms with Gasteiger partial charge in [0.05, 0.1) is 0 Å². The summed E-state index contributed by atoms with van der Waals surface area (Å²) >= 11 is 0. The summed E-state index contributed by atoms with van der Waals surface area (Å²) in [7, 11) is 0. The first-order valence-corrected chi connectivity index (χ1v) is 8.98. The quantitative estimate of drug-likeness (QED) is 0.638. The number of anilines is 1. The van der Waals surface area contributed by atoms with Gasteiger partial charge in [-0.2, -0.15) is 0 Å². The Morgan fingerprint density at radius 2 is 1.85 bits per heavy atom. The highest BCUT2D eigenvalue weighted by molar-refractivity contribution is 5.95. The van der Waals surface area contributed by atoms with E-state index in [-0.39, 0.29) is 5.91 Å². The van der Waals surface area contributed by atoms with E-state index in [9.17, 15) is 4.79 Å². The van der Waals surface area contributed by atoms with Crippen LogP contribution in [0.4, 0.5) is 5.69 Å². The summed E-state index contributed by atoms with van der Waals surface area (Å²) in [4.78, 5) is 17.0. The molecule has 1 aromatic heterocycles. The van der Waals surface area contributed by atoms with E-state index in [1.165, 1.54) is 5.56 Å². The van der Waals surface area contributed by atoms with Gasteiger partial charge in [-0.05, 0) is 48.2 Å². The second-order valence-corrected chi connectivity index (χ2v) is 8.13. The molecule has 4 nitrogen and oxygen atoms in total. The Balaban J connectivity index is 1.98. The molecule has 1 amide bonds. The normalized spacial score (nSPS) is 12.0. The Labute approximate surface area is 154 Å². The number of nitrogens with one attached hydrogen (secondary N) is 1. The van der Waals surface area contributed by atoms with E-state index in [4.69, 9.17) is 4.42 Å². The summed E-state index contributed by atoms with van der Waals surface area (Å²) in [5.74, 6) is 0.988. The van der Waals surface area contributed by atoms with Crippen molar-refractivity contribution in [3.8, 4) is 11.5 Å². The number of hydrogen-bond donors (Lipinski definition) is 1. The molecule has 0 atom stereocenters. The molecule has 4 heteroatoms. The van der Waals surface area contributed by atoms with E-state index in [1.54, 1.807) is 0 Å². The Morgan fingerprint density at radius 1 is 1.12 bits per heavy atom. The van der Waals surface area contributed by atoms with E-state index in [2.05, 4.69) is 36.3 Å². The lowest BCUT2D eigenvalue weighted by Crippen LogP contribution is -2.27. The highest BCUT2D eigenvalue weighted by Gasteiger charge is 2.22. The summed E-state index contributed by atoms with van der Waals surface area (Å²) < 4.78 is 5.93. The predicted octanol–water partition coefficient (Wildman–Crippen LogP) is 5.91. The molecular weight excluding hydrogens is 324 g/mol. The van der Waals surface area contributed by atoms with Gasteiger partial charge in [0.25, 0.3) is 0 Å². The fourth-order valence-electron chi connectivity index (χ4n) is 2.63. The Bertz CT molecular complexity index is 962. The van der Waals surface area contributed by atoms with Crippen LogP contribution < -0.4 is 5.32 Å². The lowest BCUT2D eigenvalue weighted by Gasteiger charge is -2.19. The molecule has 0 bridgehead atoms. The Kier molecular flexibility index (Phi) is 4.61. The molecule has 0 unspecified atom stereocenters. The van der Waals surface area contributed by atoms with Crippen LogP contribution in [-0.4, -0.2) is 10.9 Å². The average molecular weight is 350 g/mol. The molecule has 3 aromatic rings. The van der Waals surface area contributed by atoms with Gasteiger partial charge in [0.15, 0.2) is 5.58 Å². The van der Waals surface area contributed by atoms with Crippen molar-refractivity contribution in [3.05, 3.63) is 47.5 Å².